The summed E-state index contributed by atoms with van der Waals surface area (Å²) in [5.74, 6) is 1.26. The van der Waals surface area contributed by atoms with Crippen molar-refractivity contribution in [1.82, 2.24) is 9.97 Å². The van der Waals surface area contributed by atoms with Gasteiger partial charge in [0.2, 0.25) is 5.95 Å². The molecule has 0 saturated carbocycles. The Morgan fingerprint density at radius 3 is 2.79 bits per heavy atom. The smallest absolute Gasteiger partial charge is 0.271 e. The number of fused-ring (bicyclic) bond motifs is 1. The third-order valence-electron chi connectivity index (χ3n) is 2.88. The number of nitro benzene ring substituents is 1. The predicted molar refractivity (Wildman–Crippen MR) is 75.3 cm³/mol. The lowest BCUT2D eigenvalue weighted by molar-refractivity contribution is -0.384. The van der Waals surface area contributed by atoms with E-state index in [9.17, 15) is 10.1 Å². The van der Waals surface area contributed by atoms with Crippen molar-refractivity contribution in [2.24, 2.45) is 5.92 Å². The molecule has 19 heavy (non-hydrogen) atoms. The summed E-state index contributed by atoms with van der Waals surface area (Å²) in [7, 11) is 0. The molecule has 2 N–H and O–H groups in total. The third kappa shape index (κ3) is 3.21. The minimum absolute atomic E-state index is 0.0675. The first kappa shape index (κ1) is 13.3. The molecule has 1 aromatic carbocycles. The van der Waals surface area contributed by atoms with Gasteiger partial charge in [0.25, 0.3) is 5.69 Å². The molecular weight excluding hydrogens is 244 g/mol. The van der Waals surface area contributed by atoms with Crippen molar-refractivity contribution < 1.29 is 4.92 Å². The first-order chi connectivity index (χ1) is 8.95. The van der Waals surface area contributed by atoms with Crippen LogP contribution in [0.3, 0.4) is 0 Å². The molecule has 102 valence electrons. The zero-order chi connectivity index (χ0) is 14.0. The van der Waals surface area contributed by atoms with Crippen LogP contribution in [0.1, 0.15) is 27.2 Å². The van der Waals surface area contributed by atoms with Crippen molar-refractivity contribution >= 4 is 22.7 Å². The number of nitrogens with zero attached hydrogens (tertiary/aromatic N) is 2. The molecule has 0 radical (unpaired) electrons. The van der Waals surface area contributed by atoms with Crippen LogP contribution in [0.5, 0.6) is 0 Å². The summed E-state index contributed by atoms with van der Waals surface area (Å²) >= 11 is 0. The quantitative estimate of drug-likeness (QED) is 0.639. The zero-order valence-corrected chi connectivity index (χ0v) is 11.3. The molecule has 0 aliphatic heterocycles. The lowest BCUT2D eigenvalue weighted by Crippen LogP contribution is -2.18. The maximum absolute atomic E-state index is 10.7. The van der Waals surface area contributed by atoms with E-state index in [2.05, 4.69) is 36.1 Å². The highest BCUT2D eigenvalue weighted by Gasteiger charge is 2.11. The Kier molecular flexibility index (Phi) is 3.69. The SMILES string of the molecule is CC(C)CC(C)Nc1nc2ccc([N+](=O)[O-])cc2[nH]1. The van der Waals surface area contributed by atoms with Gasteiger partial charge in [0, 0.05) is 18.2 Å². The highest BCUT2D eigenvalue weighted by molar-refractivity contribution is 5.79. The molecule has 0 amide bonds. The minimum atomic E-state index is -0.408. The summed E-state index contributed by atoms with van der Waals surface area (Å²) in [5.41, 5.74) is 1.47. The second-order valence-corrected chi connectivity index (χ2v) is 5.22. The number of hydrogen-bond donors (Lipinski definition) is 2. The van der Waals surface area contributed by atoms with Gasteiger partial charge >= 0.3 is 0 Å². The van der Waals surface area contributed by atoms with Gasteiger partial charge in [-0.3, -0.25) is 10.1 Å². The number of non-ortho nitro benzene ring substituents is 1. The summed E-state index contributed by atoms with van der Waals surface area (Å²) in [6.45, 7) is 6.43. The van der Waals surface area contributed by atoms with Gasteiger partial charge < -0.3 is 10.3 Å². The summed E-state index contributed by atoms with van der Waals surface area (Å²) in [6.07, 6.45) is 1.04. The Labute approximate surface area is 111 Å². The number of nitro groups is 1. The number of aromatic amines is 1. The fraction of sp³-hybridized carbons (Fsp3) is 0.462. The number of benzene rings is 1. The first-order valence-corrected chi connectivity index (χ1v) is 6.36. The van der Waals surface area contributed by atoms with Crippen molar-refractivity contribution in [1.29, 1.82) is 0 Å². The van der Waals surface area contributed by atoms with Crippen molar-refractivity contribution in [3.63, 3.8) is 0 Å². The van der Waals surface area contributed by atoms with E-state index in [1.165, 1.54) is 12.1 Å². The molecule has 1 heterocycles. The van der Waals surface area contributed by atoms with E-state index >= 15 is 0 Å². The molecule has 2 rings (SSSR count). The number of H-pyrrole nitrogens is 1. The van der Waals surface area contributed by atoms with Crippen LogP contribution in [0.15, 0.2) is 18.2 Å². The topological polar surface area (TPSA) is 83.8 Å². The fourth-order valence-corrected chi connectivity index (χ4v) is 2.18. The van der Waals surface area contributed by atoms with Crippen LogP contribution in [-0.4, -0.2) is 20.9 Å². The molecule has 6 heteroatoms. The van der Waals surface area contributed by atoms with E-state index in [0.29, 0.717) is 23.4 Å². The molecular formula is C13H18N4O2. The van der Waals surface area contributed by atoms with Gasteiger partial charge in [-0.15, -0.1) is 0 Å². The van der Waals surface area contributed by atoms with E-state index in [1.54, 1.807) is 6.07 Å². The molecule has 1 unspecified atom stereocenters. The van der Waals surface area contributed by atoms with Gasteiger partial charge in [-0.1, -0.05) is 13.8 Å². The van der Waals surface area contributed by atoms with Crippen molar-refractivity contribution in [2.75, 3.05) is 5.32 Å². The highest BCUT2D eigenvalue weighted by atomic mass is 16.6. The molecule has 6 nitrogen and oxygen atoms in total. The van der Waals surface area contributed by atoms with Crippen LogP contribution in [0, 0.1) is 16.0 Å². The number of rotatable bonds is 5. The summed E-state index contributed by atoms with van der Waals surface area (Å²) < 4.78 is 0. The Hall–Kier alpha value is -2.11. The monoisotopic (exact) mass is 262 g/mol. The Bertz CT molecular complexity index is 591. The number of nitrogens with one attached hydrogen (secondary N) is 2. The first-order valence-electron chi connectivity index (χ1n) is 6.36. The number of aromatic nitrogens is 2. The predicted octanol–water partition coefficient (Wildman–Crippen LogP) is 3.32. The summed E-state index contributed by atoms with van der Waals surface area (Å²) in [4.78, 5) is 17.7. The average Bonchev–Trinajstić information content (AvgIpc) is 2.68. The van der Waals surface area contributed by atoms with E-state index < -0.39 is 4.92 Å². The van der Waals surface area contributed by atoms with Crippen LogP contribution in [0.2, 0.25) is 0 Å². The fourth-order valence-electron chi connectivity index (χ4n) is 2.18. The van der Waals surface area contributed by atoms with Gasteiger partial charge in [0.1, 0.15) is 0 Å². The van der Waals surface area contributed by atoms with Gasteiger partial charge in [0.15, 0.2) is 0 Å². The molecule has 2 aromatic rings. The summed E-state index contributed by atoms with van der Waals surface area (Å²) in [5, 5.41) is 14.0. The Morgan fingerprint density at radius 1 is 1.42 bits per heavy atom. The minimum Gasteiger partial charge on any atom is -0.353 e. The number of anilines is 1. The molecule has 0 aliphatic rings. The van der Waals surface area contributed by atoms with Crippen molar-refractivity contribution in [2.45, 2.75) is 33.2 Å². The molecule has 0 spiro atoms. The van der Waals surface area contributed by atoms with Crippen LogP contribution in [-0.2, 0) is 0 Å². The molecule has 0 bridgehead atoms. The van der Waals surface area contributed by atoms with Gasteiger partial charge in [-0.05, 0) is 25.3 Å². The van der Waals surface area contributed by atoms with Crippen LogP contribution < -0.4 is 5.32 Å². The number of imidazole rings is 1. The van der Waals surface area contributed by atoms with Gasteiger partial charge in [0.05, 0.1) is 16.0 Å². The van der Waals surface area contributed by atoms with Gasteiger partial charge in [-0.2, -0.15) is 0 Å². The van der Waals surface area contributed by atoms with E-state index in [1.807, 2.05) is 0 Å². The van der Waals surface area contributed by atoms with Crippen molar-refractivity contribution in [3.05, 3.63) is 28.3 Å². The van der Waals surface area contributed by atoms with Crippen LogP contribution >= 0.6 is 0 Å². The maximum Gasteiger partial charge on any atom is 0.271 e. The number of hydrogen-bond acceptors (Lipinski definition) is 4. The third-order valence-corrected chi connectivity index (χ3v) is 2.88. The largest absolute Gasteiger partial charge is 0.353 e. The molecule has 1 aromatic heterocycles. The normalized spacial score (nSPS) is 12.8. The van der Waals surface area contributed by atoms with E-state index in [0.717, 1.165) is 11.9 Å². The maximum atomic E-state index is 10.7. The second-order valence-electron chi connectivity index (χ2n) is 5.22. The van der Waals surface area contributed by atoms with Crippen LogP contribution in [0.25, 0.3) is 11.0 Å². The zero-order valence-electron chi connectivity index (χ0n) is 11.3. The Morgan fingerprint density at radius 2 is 2.16 bits per heavy atom. The lowest BCUT2D eigenvalue weighted by atomic mass is 10.1. The second kappa shape index (κ2) is 5.26. The standard InChI is InChI=1S/C13H18N4O2/c1-8(2)6-9(3)14-13-15-11-5-4-10(17(18)19)7-12(11)16-13/h4-5,7-9H,6H2,1-3H3,(H2,14,15,16). The molecule has 0 fully saturated rings. The van der Waals surface area contributed by atoms with Crippen LogP contribution in [0.4, 0.5) is 11.6 Å². The van der Waals surface area contributed by atoms with Gasteiger partial charge in [-0.25, -0.2) is 4.98 Å². The molecule has 0 aliphatic carbocycles. The van der Waals surface area contributed by atoms with E-state index in [-0.39, 0.29) is 5.69 Å². The molecule has 0 saturated heterocycles. The van der Waals surface area contributed by atoms with E-state index in [4.69, 9.17) is 0 Å². The highest BCUT2D eigenvalue weighted by Crippen LogP contribution is 2.21. The van der Waals surface area contributed by atoms with Crippen molar-refractivity contribution in [3.8, 4) is 0 Å². The lowest BCUT2D eigenvalue weighted by Gasteiger charge is -2.14. The average molecular weight is 262 g/mol. The molecule has 1 atom stereocenters. The summed E-state index contributed by atoms with van der Waals surface area (Å²) in [6, 6.07) is 4.92. The Balaban J connectivity index is 2.19.